The molecule has 1 heterocycles. The summed E-state index contributed by atoms with van der Waals surface area (Å²) >= 11 is 0. The molecule has 108 valence electrons. The highest BCUT2D eigenvalue weighted by Crippen LogP contribution is 2.34. The van der Waals surface area contributed by atoms with Crippen LogP contribution in [0.4, 0.5) is 30.4 Å². The van der Waals surface area contributed by atoms with Crippen molar-refractivity contribution in [1.82, 2.24) is 4.98 Å². The number of benzene rings is 1. The molecule has 0 unspecified atom stereocenters. The summed E-state index contributed by atoms with van der Waals surface area (Å²) in [6.07, 6.45) is -3.17. The molecule has 1 aromatic heterocycles. The number of nitriles is 1. The van der Waals surface area contributed by atoms with E-state index in [2.05, 4.69) is 10.3 Å². The Morgan fingerprint density at radius 1 is 1.29 bits per heavy atom. The van der Waals surface area contributed by atoms with E-state index >= 15 is 0 Å². The first-order valence-corrected chi connectivity index (χ1v) is 5.92. The lowest BCUT2D eigenvalue weighted by molar-refractivity contribution is -0.137. The number of alkyl halides is 3. The second-order valence-corrected chi connectivity index (χ2v) is 4.42. The Labute approximate surface area is 119 Å². The highest BCUT2D eigenvalue weighted by Gasteiger charge is 2.33. The Bertz CT molecular complexity index is 717. The van der Waals surface area contributed by atoms with Crippen molar-refractivity contribution in [3.05, 3.63) is 47.2 Å². The van der Waals surface area contributed by atoms with E-state index in [1.165, 1.54) is 18.3 Å². The van der Waals surface area contributed by atoms with Crippen LogP contribution in [0.25, 0.3) is 0 Å². The predicted octanol–water partition coefficient (Wildman–Crippen LogP) is 3.61. The molecule has 21 heavy (non-hydrogen) atoms. The number of hydrogen-bond acceptors (Lipinski definition) is 4. The van der Waals surface area contributed by atoms with Crippen LogP contribution in [0.3, 0.4) is 0 Å². The van der Waals surface area contributed by atoms with E-state index in [9.17, 15) is 13.2 Å². The van der Waals surface area contributed by atoms with Gasteiger partial charge in [-0.05, 0) is 36.8 Å². The zero-order valence-electron chi connectivity index (χ0n) is 11.0. The van der Waals surface area contributed by atoms with E-state index in [1.54, 1.807) is 13.0 Å². The number of pyridine rings is 1. The predicted molar refractivity (Wildman–Crippen MR) is 72.8 cm³/mol. The van der Waals surface area contributed by atoms with Gasteiger partial charge in [0.25, 0.3) is 0 Å². The van der Waals surface area contributed by atoms with Crippen LogP contribution in [0.1, 0.15) is 16.7 Å². The van der Waals surface area contributed by atoms with E-state index < -0.39 is 17.3 Å². The second-order valence-electron chi connectivity index (χ2n) is 4.42. The van der Waals surface area contributed by atoms with Gasteiger partial charge in [-0.2, -0.15) is 18.4 Å². The standard InChI is InChI=1S/C14H11F3N4/c1-8-4-13(20-7-12(8)19)21-10-3-2-9(6-18)11(5-10)14(15,16)17/h2-5,7H,19H2,1H3,(H,20,21). The zero-order valence-corrected chi connectivity index (χ0v) is 11.0. The number of aryl methyl sites for hydroxylation is 1. The quantitative estimate of drug-likeness (QED) is 0.886. The molecule has 2 aromatic rings. The van der Waals surface area contributed by atoms with E-state index in [-0.39, 0.29) is 5.69 Å². The fourth-order valence-corrected chi connectivity index (χ4v) is 1.74. The van der Waals surface area contributed by atoms with Gasteiger partial charge in [-0.15, -0.1) is 0 Å². The Morgan fingerprint density at radius 2 is 2.00 bits per heavy atom. The summed E-state index contributed by atoms with van der Waals surface area (Å²) in [5.41, 5.74) is 5.67. The molecule has 0 aliphatic rings. The van der Waals surface area contributed by atoms with Crippen molar-refractivity contribution in [3.8, 4) is 6.07 Å². The van der Waals surface area contributed by atoms with Crippen LogP contribution in [-0.2, 0) is 6.18 Å². The van der Waals surface area contributed by atoms with Gasteiger partial charge in [0.2, 0.25) is 0 Å². The Balaban J connectivity index is 2.37. The fraction of sp³-hybridized carbons (Fsp3) is 0.143. The topological polar surface area (TPSA) is 74.7 Å². The summed E-state index contributed by atoms with van der Waals surface area (Å²) in [6, 6.07) is 6.55. The third-order valence-electron chi connectivity index (χ3n) is 2.87. The number of anilines is 3. The van der Waals surface area contributed by atoms with E-state index in [0.717, 1.165) is 17.7 Å². The molecule has 0 bridgehead atoms. The van der Waals surface area contributed by atoms with Crippen LogP contribution in [0.15, 0.2) is 30.5 Å². The van der Waals surface area contributed by atoms with Crippen LogP contribution in [-0.4, -0.2) is 4.98 Å². The molecule has 7 heteroatoms. The first-order chi connectivity index (χ1) is 9.81. The Kier molecular flexibility index (Phi) is 3.72. The monoisotopic (exact) mass is 292 g/mol. The molecule has 0 radical (unpaired) electrons. The second kappa shape index (κ2) is 5.32. The number of rotatable bonds is 2. The SMILES string of the molecule is Cc1cc(Nc2ccc(C#N)c(C(F)(F)F)c2)ncc1N. The summed E-state index contributed by atoms with van der Waals surface area (Å²) in [6.45, 7) is 1.77. The number of aromatic nitrogens is 1. The molecule has 0 fully saturated rings. The minimum absolute atomic E-state index is 0.193. The van der Waals surface area contributed by atoms with Crippen molar-refractivity contribution >= 4 is 17.2 Å². The lowest BCUT2D eigenvalue weighted by Gasteiger charge is -2.12. The van der Waals surface area contributed by atoms with Crippen molar-refractivity contribution in [2.24, 2.45) is 0 Å². The molecule has 0 amide bonds. The average Bonchev–Trinajstić information content (AvgIpc) is 2.42. The van der Waals surface area contributed by atoms with Crippen LogP contribution in [0, 0.1) is 18.3 Å². The van der Waals surface area contributed by atoms with Crippen molar-refractivity contribution in [1.29, 1.82) is 5.26 Å². The van der Waals surface area contributed by atoms with Crippen LogP contribution >= 0.6 is 0 Å². The Morgan fingerprint density at radius 3 is 2.57 bits per heavy atom. The van der Waals surface area contributed by atoms with Crippen LogP contribution < -0.4 is 11.1 Å². The molecule has 0 saturated carbocycles. The van der Waals surface area contributed by atoms with Gasteiger partial charge in [-0.1, -0.05) is 0 Å². The average molecular weight is 292 g/mol. The number of nitrogens with one attached hydrogen (secondary N) is 1. The molecule has 0 spiro atoms. The van der Waals surface area contributed by atoms with Gasteiger partial charge >= 0.3 is 6.18 Å². The molecule has 3 N–H and O–H groups in total. The first kappa shape index (κ1) is 14.7. The summed E-state index contributed by atoms with van der Waals surface area (Å²) in [5.74, 6) is 0.375. The van der Waals surface area contributed by atoms with Gasteiger partial charge in [0.15, 0.2) is 0 Å². The Hall–Kier alpha value is -2.75. The molecule has 0 saturated heterocycles. The summed E-state index contributed by atoms with van der Waals surface area (Å²) < 4.78 is 38.6. The first-order valence-electron chi connectivity index (χ1n) is 5.92. The molecular weight excluding hydrogens is 281 g/mol. The number of nitrogens with two attached hydrogens (primary N) is 1. The summed E-state index contributed by atoms with van der Waals surface area (Å²) in [5, 5.41) is 11.5. The molecule has 0 atom stereocenters. The molecule has 4 nitrogen and oxygen atoms in total. The van der Waals surface area contributed by atoms with E-state index in [0.29, 0.717) is 11.5 Å². The van der Waals surface area contributed by atoms with Crippen molar-refractivity contribution in [2.75, 3.05) is 11.1 Å². The zero-order chi connectivity index (χ0) is 15.6. The van der Waals surface area contributed by atoms with Gasteiger partial charge in [0, 0.05) is 5.69 Å². The van der Waals surface area contributed by atoms with E-state index in [4.69, 9.17) is 11.0 Å². The number of hydrogen-bond donors (Lipinski definition) is 2. The largest absolute Gasteiger partial charge is 0.417 e. The number of halogens is 3. The fourth-order valence-electron chi connectivity index (χ4n) is 1.74. The summed E-state index contributed by atoms with van der Waals surface area (Å²) in [4.78, 5) is 3.99. The minimum Gasteiger partial charge on any atom is -0.397 e. The van der Waals surface area contributed by atoms with Crippen LogP contribution in [0.5, 0.6) is 0 Å². The van der Waals surface area contributed by atoms with Crippen molar-refractivity contribution in [2.45, 2.75) is 13.1 Å². The third kappa shape index (κ3) is 3.23. The lowest BCUT2D eigenvalue weighted by atomic mass is 10.1. The molecular formula is C14H11F3N4. The van der Waals surface area contributed by atoms with Gasteiger partial charge in [0.05, 0.1) is 29.1 Å². The number of nitrogen functional groups attached to an aromatic ring is 1. The maximum absolute atomic E-state index is 12.9. The number of nitrogens with zero attached hydrogens (tertiary/aromatic N) is 2. The smallest absolute Gasteiger partial charge is 0.397 e. The van der Waals surface area contributed by atoms with E-state index in [1.807, 2.05) is 0 Å². The van der Waals surface area contributed by atoms with Gasteiger partial charge in [0.1, 0.15) is 5.82 Å². The highest BCUT2D eigenvalue weighted by atomic mass is 19.4. The van der Waals surface area contributed by atoms with Gasteiger partial charge in [-0.3, -0.25) is 0 Å². The maximum Gasteiger partial charge on any atom is 0.417 e. The molecule has 2 rings (SSSR count). The minimum atomic E-state index is -4.59. The maximum atomic E-state index is 12.9. The van der Waals surface area contributed by atoms with Gasteiger partial charge in [-0.25, -0.2) is 4.98 Å². The lowest BCUT2D eigenvalue weighted by Crippen LogP contribution is -2.08. The van der Waals surface area contributed by atoms with Gasteiger partial charge < -0.3 is 11.1 Å². The normalized spacial score (nSPS) is 11.0. The van der Waals surface area contributed by atoms with Crippen molar-refractivity contribution in [3.63, 3.8) is 0 Å². The molecule has 0 aliphatic carbocycles. The highest BCUT2D eigenvalue weighted by molar-refractivity contribution is 5.62. The van der Waals surface area contributed by atoms with Crippen LogP contribution in [0.2, 0.25) is 0 Å². The van der Waals surface area contributed by atoms with Crippen molar-refractivity contribution < 1.29 is 13.2 Å². The summed E-state index contributed by atoms with van der Waals surface area (Å²) in [7, 11) is 0. The molecule has 1 aromatic carbocycles. The molecule has 0 aliphatic heterocycles. The third-order valence-corrected chi connectivity index (χ3v) is 2.87.